The average molecular weight is 313 g/mol. The van der Waals surface area contributed by atoms with Crippen LogP contribution in [-0.4, -0.2) is 24.8 Å². The first kappa shape index (κ1) is 13.4. The zero-order valence-corrected chi connectivity index (χ0v) is 11.9. The molecule has 0 spiro atoms. The fraction of sp³-hybridized carbons (Fsp3) is 0.462. The van der Waals surface area contributed by atoms with Crippen LogP contribution >= 0.6 is 15.9 Å². The molecule has 2 rings (SSSR count). The molecule has 2 amide bonds. The van der Waals surface area contributed by atoms with E-state index in [4.69, 9.17) is 4.74 Å². The summed E-state index contributed by atoms with van der Waals surface area (Å²) in [6, 6.07) is 7.34. The molecule has 98 valence electrons. The molecule has 1 fully saturated rings. The van der Waals surface area contributed by atoms with E-state index >= 15 is 0 Å². The second-order valence-corrected chi connectivity index (χ2v) is 5.27. The van der Waals surface area contributed by atoms with Crippen LogP contribution in [0.5, 0.6) is 0 Å². The summed E-state index contributed by atoms with van der Waals surface area (Å²) >= 11 is 3.39. The Morgan fingerprint density at radius 3 is 2.94 bits per heavy atom. The summed E-state index contributed by atoms with van der Waals surface area (Å²) in [6.07, 6.45) is 2.22. The van der Waals surface area contributed by atoms with Crippen molar-refractivity contribution in [2.24, 2.45) is 0 Å². The lowest BCUT2D eigenvalue weighted by Crippen LogP contribution is -2.43. The number of carbonyl (C=O) groups excluding carboxylic acids is 1. The predicted octanol–water partition coefficient (Wildman–Crippen LogP) is 3.14. The number of carbonyl (C=O) groups is 1. The molecule has 4 nitrogen and oxygen atoms in total. The van der Waals surface area contributed by atoms with Crippen molar-refractivity contribution in [2.75, 3.05) is 11.9 Å². The highest BCUT2D eigenvalue weighted by atomic mass is 79.9. The summed E-state index contributed by atoms with van der Waals surface area (Å²) in [5, 5.41) is 5.71. The molecule has 0 bridgehead atoms. The van der Waals surface area contributed by atoms with Crippen LogP contribution in [0, 0.1) is 0 Å². The minimum atomic E-state index is -0.204. The fourth-order valence-electron chi connectivity index (χ4n) is 2.02. The van der Waals surface area contributed by atoms with Crippen molar-refractivity contribution in [3.63, 3.8) is 0 Å². The zero-order valence-electron chi connectivity index (χ0n) is 10.3. The SMILES string of the molecule is CC(NC(=O)Nc1ccccc1Br)C1CCCO1. The van der Waals surface area contributed by atoms with Gasteiger partial charge in [0, 0.05) is 11.1 Å². The minimum Gasteiger partial charge on any atom is -0.376 e. The van der Waals surface area contributed by atoms with Crippen LogP contribution in [-0.2, 0) is 4.74 Å². The first-order valence-electron chi connectivity index (χ1n) is 6.10. The van der Waals surface area contributed by atoms with Gasteiger partial charge in [-0.15, -0.1) is 0 Å². The van der Waals surface area contributed by atoms with Crippen LogP contribution < -0.4 is 10.6 Å². The number of para-hydroxylation sites is 1. The van der Waals surface area contributed by atoms with Crippen LogP contribution in [0.1, 0.15) is 19.8 Å². The fourth-order valence-corrected chi connectivity index (χ4v) is 2.40. The van der Waals surface area contributed by atoms with E-state index in [1.54, 1.807) is 0 Å². The van der Waals surface area contributed by atoms with Crippen molar-refractivity contribution >= 4 is 27.6 Å². The van der Waals surface area contributed by atoms with Gasteiger partial charge in [-0.2, -0.15) is 0 Å². The molecule has 0 radical (unpaired) electrons. The lowest BCUT2D eigenvalue weighted by Gasteiger charge is -2.20. The summed E-state index contributed by atoms with van der Waals surface area (Å²) in [4.78, 5) is 11.8. The average Bonchev–Trinajstić information content (AvgIpc) is 2.85. The van der Waals surface area contributed by atoms with E-state index in [-0.39, 0.29) is 18.2 Å². The highest BCUT2D eigenvalue weighted by molar-refractivity contribution is 9.10. The third-order valence-electron chi connectivity index (χ3n) is 3.00. The second-order valence-electron chi connectivity index (χ2n) is 4.42. The van der Waals surface area contributed by atoms with E-state index in [2.05, 4.69) is 26.6 Å². The quantitative estimate of drug-likeness (QED) is 0.901. The third-order valence-corrected chi connectivity index (χ3v) is 3.69. The van der Waals surface area contributed by atoms with Crippen LogP contribution in [0.25, 0.3) is 0 Å². The number of anilines is 1. The number of rotatable bonds is 3. The summed E-state index contributed by atoms with van der Waals surface area (Å²) in [7, 11) is 0. The molecule has 1 aromatic rings. The topological polar surface area (TPSA) is 50.4 Å². The maximum atomic E-state index is 11.8. The van der Waals surface area contributed by atoms with Crippen molar-refractivity contribution in [2.45, 2.75) is 31.9 Å². The van der Waals surface area contributed by atoms with E-state index in [1.165, 1.54) is 0 Å². The van der Waals surface area contributed by atoms with E-state index in [0.717, 1.165) is 29.6 Å². The molecule has 1 heterocycles. The molecular formula is C13H17BrN2O2. The Labute approximate surface area is 115 Å². The van der Waals surface area contributed by atoms with E-state index in [0.29, 0.717) is 0 Å². The Morgan fingerprint density at radius 2 is 2.28 bits per heavy atom. The van der Waals surface area contributed by atoms with Gasteiger partial charge in [0.05, 0.1) is 17.8 Å². The number of nitrogens with one attached hydrogen (secondary N) is 2. The summed E-state index contributed by atoms with van der Waals surface area (Å²) in [5.74, 6) is 0. The van der Waals surface area contributed by atoms with Gasteiger partial charge in [-0.3, -0.25) is 0 Å². The lowest BCUT2D eigenvalue weighted by atomic mass is 10.1. The van der Waals surface area contributed by atoms with Gasteiger partial charge in [0.15, 0.2) is 0 Å². The maximum absolute atomic E-state index is 11.8. The van der Waals surface area contributed by atoms with Gasteiger partial charge in [-0.25, -0.2) is 4.79 Å². The summed E-state index contributed by atoms with van der Waals surface area (Å²) < 4.78 is 6.40. The van der Waals surface area contributed by atoms with Gasteiger partial charge < -0.3 is 15.4 Å². The largest absolute Gasteiger partial charge is 0.376 e. The third kappa shape index (κ3) is 3.46. The molecule has 0 saturated carbocycles. The van der Waals surface area contributed by atoms with Gasteiger partial charge in [-0.05, 0) is 47.8 Å². The van der Waals surface area contributed by atoms with E-state index in [9.17, 15) is 4.79 Å². The van der Waals surface area contributed by atoms with Gasteiger partial charge >= 0.3 is 6.03 Å². The van der Waals surface area contributed by atoms with Crippen molar-refractivity contribution in [1.82, 2.24) is 5.32 Å². The predicted molar refractivity (Wildman–Crippen MR) is 74.7 cm³/mol. The first-order chi connectivity index (χ1) is 8.66. The molecule has 1 aromatic carbocycles. The highest BCUT2D eigenvalue weighted by Gasteiger charge is 2.23. The highest BCUT2D eigenvalue weighted by Crippen LogP contribution is 2.21. The normalized spacial score (nSPS) is 20.4. The standard InChI is InChI=1S/C13H17BrN2O2/c1-9(12-7-4-8-18-12)15-13(17)16-11-6-3-2-5-10(11)14/h2-3,5-6,9,12H,4,7-8H2,1H3,(H2,15,16,17). The number of hydrogen-bond acceptors (Lipinski definition) is 2. The van der Waals surface area contributed by atoms with Crippen molar-refractivity contribution in [3.8, 4) is 0 Å². The van der Waals surface area contributed by atoms with Crippen LogP contribution in [0.4, 0.5) is 10.5 Å². The first-order valence-corrected chi connectivity index (χ1v) is 6.90. The molecule has 1 aliphatic rings. The number of urea groups is 1. The number of ether oxygens (including phenoxy) is 1. The van der Waals surface area contributed by atoms with E-state index < -0.39 is 0 Å². The molecular weight excluding hydrogens is 296 g/mol. The molecule has 0 aliphatic carbocycles. The number of benzene rings is 1. The molecule has 1 saturated heterocycles. The van der Waals surface area contributed by atoms with Crippen LogP contribution in [0.2, 0.25) is 0 Å². The van der Waals surface area contributed by atoms with Crippen LogP contribution in [0.15, 0.2) is 28.7 Å². The Kier molecular flexibility index (Phi) is 4.60. The van der Waals surface area contributed by atoms with Crippen molar-refractivity contribution < 1.29 is 9.53 Å². The number of halogens is 1. The van der Waals surface area contributed by atoms with Gasteiger partial charge in [-0.1, -0.05) is 12.1 Å². The van der Waals surface area contributed by atoms with Gasteiger partial charge in [0.1, 0.15) is 0 Å². The monoisotopic (exact) mass is 312 g/mol. The van der Waals surface area contributed by atoms with Gasteiger partial charge in [0.2, 0.25) is 0 Å². The molecule has 2 atom stereocenters. The van der Waals surface area contributed by atoms with Crippen molar-refractivity contribution in [3.05, 3.63) is 28.7 Å². The second kappa shape index (κ2) is 6.20. The van der Waals surface area contributed by atoms with E-state index in [1.807, 2.05) is 31.2 Å². The minimum absolute atomic E-state index is 0.0231. The molecule has 2 N–H and O–H groups in total. The summed E-state index contributed by atoms with van der Waals surface area (Å²) in [6.45, 7) is 2.76. The number of amides is 2. The molecule has 18 heavy (non-hydrogen) atoms. The van der Waals surface area contributed by atoms with Crippen molar-refractivity contribution in [1.29, 1.82) is 0 Å². The molecule has 1 aliphatic heterocycles. The molecule has 2 unspecified atom stereocenters. The lowest BCUT2D eigenvalue weighted by molar-refractivity contribution is 0.0868. The van der Waals surface area contributed by atoms with Gasteiger partial charge in [0.25, 0.3) is 0 Å². The Morgan fingerprint density at radius 1 is 1.50 bits per heavy atom. The van der Waals surface area contributed by atoms with Crippen LogP contribution in [0.3, 0.4) is 0 Å². The molecule has 5 heteroatoms. The Balaban J connectivity index is 1.86. The maximum Gasteiger partial charge on any atom is 0.319 e. The summed E-state index contributed by atoms with van der Waals surface area (Å²) in [5.41, 5.74) is 0.759. The number of hydrogen-bond donors (Lipinski definition) is 2. The molecule has 0 aromatic heterocycles. The zero-order chi connectivity index (χ0) is 13.0. The Hall–Kier alpha value is -1.07. The Bertz CT molecular complexity index is 419. The smallest absolute Gasteiger partial charge is 0.319 e.